The van der Waals surface area contributed by atoms with Gasteiger partial charge in [-0.25, -0.2) is 5.01 Å². The maximum atomic E-state index is 3.21. The average molecular weight is 175 g/mol. The van der Waals surface area contributed by atoms with Crippen molar-refractivity contribution in [3.05, 3.63) is 42.6 Å². The van der Waals surface area contributed by atoms with E-state index in [0.717, 1.165) is 12.2 Å². The Bertz CT molecular complexity index is 294. The van der Waals surface area contributed by atoms with E-state index in [1.807, 2.05) is 41.5 Å². The molecule has 3 nitrogen and oxygen atoms in total. The normalized spacial score (nSPS) is 17.8. The van der Waals surface area contributed by atoms with E-state index >= 15 is 0 Å². The summed E-state index contributed by atoms with van der Waals surface area (Å²) in [5.74, 6) is 0. The van der Waals surface area contributed by atoms with Crippen LogP contribution in [-0.2, 0) is 0 Å². The molecule has 68 valence electrons. The highest BCUT2D eigenvalue weighted by atomic mass is 15.7. The average Bonchev–Trinajstić information content (AvgIpc) is 2.19. The zero-order chi connectivity index (χ0) is 9.10. The third kappa shape index (κ3) is 1.88. The maximum absolute atomic E-state index is 3.21. The van der Waals surface area contributed by atoms with E-state index < -0.39 is 0 Å². The molecule has 0 aromatic heterocycles. The summed E-state index contributed by atoms with van der Waals surface area (Å²) in [5, 5.41) is 4.01. The van der Waals surface area contributed by atoms with Crippen LogP contribution >= 0.6 is 0 Å². The number of nitrogens with zero attached hydrogens (tertiary/aromatic N) is 2. The second-order valence-electron chi connectivity index (χ2n) is 3.07. The Morgan fingerprint density at radius 1 is 1.23 bits per heavy atom. The van der Waals surface area contributed by atoms with Gasteiger partial charge in [0.15, 0.2) is 0 Å². The SMILES string of the molecule is CN1CC=CN(c2ccccc2)N1. The molecule has 1 aromatic rings. The monoisotopic (exact) mass is 175 g/mol. The van der Waals surface area contributed by atoms with E-state index in [9.17, 15) is 0 Å². The number of hydrogen-bond acceptors (Lipinski definition) is 3. The van der Waals surface area contributed by atoms with Crippen LogP contribution in [0.4, 0.5) is 5.69 Å². The van der Waals surface area contributed by atoms with Crippen LogP contribution in [0.15, 0.2) is 42.6 Å². The molecule has 0 amide bonds. The predicted octanol–water partition coefficient (Wildman–Crippen LogP) is 1.37. The Hall–Kier alpha value is -1.32. The molecular weight excluding hydrogens is 162 g/mol. The van der Waals surface area contributed by atoms with Crippen LogP contribution in [0.2, 0.25) is 0 Å². The minimum atomic E-state index is 0.934. The van der Waals surface area contributed by atoms with Crippen LogP contribution in [0.5, 0.6) is 0 Å². The van der Waals surface area contributed by atoms with Crippen LogP contribution in [0.3, 0.4) is 0 Å². The molecule has 0 unspecified atom stereocenters. The first-order chi connectivity index (χ1) is 6.36. The quantitative estimate of drug-likeness (QED) is 0.695. The van der Waals surface area contributed by atoms with Gasteiger partial charge in [-0.1, -0.05) is 24.3 Å². The highest BCUT2D eigenvalue weighted by Crippen LogP contribution is 2.12. The molecule has 3 heteroatoms. The minimum Gasteiger partial charge on any atom is -0.271 e. The summed E-state index contributed by atoms with van der Waals surface area (Å²) in [7, 11) is 2.01. The summed E-state index contributed by atoms with van der Waals surface area (Å²) in [5.41, 5.74) is 4.36. The molecule has 0 radical (unpaired) electrons. The van der Waals surface area contributed by atoms with Gasteiger partial charge in [-0.15, -0.1) is 0 Å². The number of hydrazine groups is 2. The van der Waals surface area contributed by atoms with Crippen molar-refractivity contribution in [3.63, 3.8) is 0 Å². The summed E-state index contributed by atoms with van der Waals surface area (Å²) in [6, 6.07) is 10.2. The second-order valence-corrected chi connectivity index (χ2v) is 3.07. The van der Waals surface area contributed by atoms with Crippen LogP contribution < -0.4 is 10.5 Å². The van der Waals surface area contributed by atoms with Crippen molar-refractivity contribution in [2.75, 3.05) is 18.6 Å². The lowest BCUT2D eigenvalue weighted by Gasteiger charge is -2.30. The molecular formula is C10H13N3. The summed E-state index contributed by atoms with van der Waals surface area (Å²) in [6.07, 6.45) is 4.15. The molecule has 1 N–H and O–H groups in total. The molecule has 0 saturated heterocycles. The molecule has 0 aliphatic carbocycles. The molecule has 1 aliphatic rings. The van der Waals surface area contributed by atoms with Gasteiger partial charge in [0.05, 0.1) is 5.69 Å². The molecule has 0 saturated carbocycles. The van der Waals surface area contributed by atoms with E-state index in [0.29, 0.717) is 0 Å². The molecule has 1 aliphatic heterocycles. The van der Waals surface area contributed by atoms with Crippen molar-refractivity contribution in [3.8, 4) is 0 Å². The van der Waals surface area contributed by atoms with E-state index in [2.05, 4.69) is 23.7 Å². The van der Waals surface area contributed by atoms with Gasteiger partial charge in [0, 0.05) is 19.8 Å². The number of likely N-dealkylation sites (N-methyl/N-ethyl adjacent to an activating group) is 1. The fourth-order valence-corrected chi connectivity index (χ4v) is 1.30. The smallest absolute Gasteiger partial charge is 0.0584 e. The number of hydrogen-bond donors (Lipinski definition) is 1. The van der Waals surface area contributed by atoms with Gasteiger partial charge < -0.3 is 0 Å². The van der Waals surface area contributed by atoms with Crippen molar-refractivity contribution in [2.24, 2.45) is 0 Å². The van der Waals surface area contributed by atoms with Crippen LogP contribution in [0, 0.1) is 0 Å². The Morgan fingerprint density at radius 3 is 2.69 bits per heavy atom. The predicted molar refractivity (Wildman–Crippen MR) is 53.8 cm³/mol. The Morgan fingerprint density at radius 2 is 2.00 bits per heavy atom. The third-order valence-electron chi connectivity index (χ3n) is 1.95. The van der Waals surface area contributed by atoms with Crippen LogP contribution in [0.25, 0.3) is 0 Å². The summed E-state index contributed by atoms with van der Waals surface area (Å²) in [6.45, 7) is 0.934. The third-order valence-corrected chi connectivity index (χ3v) is 1.95. The lowest BCUT2D eigenvalue weighted by atomic mass is 10.3. The van der Waals surface area contributed by atoms with Crippen molar-refractivity contribution in [2.45, 2.75) is 0 Å². The minimum absolute atomic E-state index is 0.934. The van der Waals surface area contributed by atoms with Crippen molar-refractivity contribution >= 4 is 5.69 Å². The molecule has 0 fully saturated rings. The topological polar surface area (TPSA) is 18.5 Å². The lowest BCUT2D eigenvalue weighted by molar-refractivity contribution is 0.250. The van der Waals surface area contributed by atoms with Gasteiger partial charge in [0.1, 0.15) is 0 Å². The van der Waals surface area contributed by atoms with E-state index in [4.69, 9.17) is 0 Å². The largest absolute Gasteiger partial charge is 0.271 e. The van der Waals surface area contributed by atoms with Gasteiger partial charge in [0.2, 0.25) is 0 Å². The zero-order valence-electron chi connectivity index (χ0n) is 7.64. The first kappa shape index (κ1) is 8.29. The van der Waals surface area contributed by atoms with E-state index in [-0.39, 0.29) is 0 Å². The molecule has 13 heavy (non-hydrogen) atoms. The Labute approximate surface area is 78.2 Å². The highest BCUT2D eigenvalue weighted by Gasteiger charge is 2.07. The number of benzene rings is 1. The van der Waals surface area contributed by atoms with Crippen molar-refractivity contribution < 1.29 is 0 Å². The molecule has 1 aromatic carbocycles. The van der Waals surface area contributed by atoms with Gasteiger partial charge in [-0.3, -0.25) is 5.01 Å². The van der Waals surface area contributed by atoms with E-state index in [1.165, 1.54) is 0 Å². The van der Waals surface area contributed by atoms with E-state index in [1.54, 1.807) is 0 Å². The van der Waals surface area contributed by atoms with Crippen molar-refractivity contribution in [1.29, 1.82) is 0 Å². The number of nitrogens with one attached hydrogen (secondary N) is 1. The number of para-hydroxylation sites is 1. The molecule has 2 rings (SSSR count). The fourth-order valence-electron chi connectivity index (χ4n) is 1.30. The molecule has 0 atom stereocenters. The van der Waals surface area contributed by atoms with Gasteiger partial charge >= 0.3 is 0 Å². The summed E-state index contributed by atoms with van der Waals surface area (Å²) < 4.78 is 0. The van der Waals surface area contributed by atoms with Crippen molar-refractivity contribution in [1.82, 2.24) is 10.5 Å². The summed E-state index contributed by atoms with van der Waals surface area (Å²) in [4.78, 5) is 0. The Kier molecular flexibility index (Phi) is 2.29. The van der Waals surface area contributed by atoms with Crippen LogP contribution in [-0.4, -0.2) is 18.6 Å². The van der Waals surface area contributed by atoms with Crippen LogP contribution in [0.1, 0.15) is 0 Å². The Balaban J connectivity index is 2.18. The highest BCUT2D eigenvalue weighted by molar-refractivity contribution is 5.47. The fraction of sp³-hybridized carbons (Fsp3) is 0.200. The standard InChI is InChI=1S/C10H13N3/c1-12-8-5-9-13(11-12)10-6-3-2-4-7-10/h2-7,9,11H,8H2,1H3. The molecule has 0 bridgehead atoms. The summed E-state index contributed by atoms with van der Waals surface area (Å²) >= 11 is 0. The second kappa shape index (κ2) is 3.60. The first-order valence-corrected chi connectivity index (χ1v) is 4.34. The maximum Gasteiger partial charge on any atom is 0.0584 e. The molecule has 1 heterocycles. The first-order valence-electron chi connectivity index (χ1n) is 4.34. The molecule has 0 spiro atoms. The van der Waals surface area contributed by atoms with Gasteiger partial charge in [-0.05, 0) is 12.1 Å². The van der Waals surface area contributed by atoms with Gasteiger partial charge in [-0.2, -0.15) is 5.53 Å². The number of rotatable bonds is 1. The lowest BCUT2D eigenvalue weighted by Crippen LogP contribution is -2.48. The zero-order valence-corrected chi connectivity index (χ0v) is 7.64. The van der Waals surface area contributed by atoms with Gasteiger partial charge in [0.25, 0.3) is 0 Å². The number of anilines is 1.